The number of amidine groups is 1. The standard InChI is InChI=1S/C20H23N3O3S/c1-11-7-9-14(10-8-11)16-15(19(25)26-6)12(2)21-20-23(16)13(3)17(27-20)18(24)22(4)5/h7-10,16H,1-6H3/t16-/m1/s1. The van der Waals surface area contributed by atoms with E-state index in [0.29, 0.717) is 21.3 Å². The molecule has 0 saturated carbocycles. The Morgan fingerprint density at radius 1 is 1.15 bits per heavy atom. The van der Waals surface area contributed by atoms with Gasteiger partial charge in [0.15, 0.2) is 5.17 Å². The van der Waals surface area contributed by atoms with Gasteiger partial charge in [-0.05, 0) is 38.1 Å². The number of allylic oxidation sites excluding steroid dienone is 2. The maximum atomic E-state index is 12.6. The first kappa shape index (κ1) is 19.2. The van der Waals surface area contributed by atoms with Crippen molar-refractivity contribution < 1.29 is 14.3 Å². The molecule has 0 radical (unpaired) electrons. The first-order chi connectivity index (χ1) is 12.8. The summed E-state index contributed by atoms with van der Waals surface area (Å²) in [6.07, 6.45) is 0. The molecule has 0 unspecified atom stereocenters. The van der Waals surface area contributed by atoms with Crippen LogP contribution in [-0.4, -0.2) is 48.0 Å². The molecular weight excluding hydrogens is 362 g/mol. The van der Waals surface area contributed by atoms with E-state index in [9.17, 15) is 9.59 Å². The summed E-state index contributed by atoms with van der Waals surface area (Å²) in [4.78, 5) is 33.9. The lowest BCUT2D eigenvalue weighted by atomic mass is 9.93. The first-order valence-electron chi connectivity index (χ1n) is 8.60. The Morgan fingerprint density at radius 3 is 2.33 bits per heavy atom. The van der Waals surface area contributed by atoms with Crippen LogP contribution in [-0.2, 0) is 14.3 Å². The van der Waals surface area contributed by atoms with Crippen molar-refractivity contribution in [3.63, 3.8) is 0 Å². The third kappa shape index (κ3) is 3.27. The second kappa shape index (κ2) is 7.23. The van der Waals surface area contributed by atoms with E-state index in [1.54, 1.807) is 25.9 Å². The molecule has 1 aromatic rings. The van der Waals surface area contributed by atoms with Crippen molar-refractivity contribution in [1.29, 1.82) is 0 Å². The number of benzene rings is 1. The van der Waals surface area contributed by atoms with Gasteiger partial charge in [0.05, 0.1) is 29.3 Å². The zero-order chi connectivity index (χ0) is 19.9. The van der Waals surface area contributed by atoms with Crippen LogP contribution in [0.25, 0.3) is 0 Å². The van der Waals surface area contributed by atoms with Crippen LogP contribution in [0.4, 0.5) is 0 Å². The summed E-state index contributed by atoms with van der Waals surface area (Å²) in [7, 11) is 4.82. The number of nitrogens with zero attached hydrogens (tertiary/aromatic N) is 3. The number of aliphatic imine (C=N–C) groups is 1. The van der Waals surface area contributed by atoms with E-state index in [1.807, 2.05) is 43.0 Å². The number of carbonyl (C=O) groups excluding carboxylic acids is 2. The highest BCUT2D eigenvalue weighted by Gasteiger charge is 2.43. The molecule has 2 aliphatic rings. The van der Waals surface area contributed by atoms with Crippen LogP contribution in [0.15, 0.2) is 51.1 Å². The highest BCUT2D eigenvalue weighted by atomic mass is 32.2. The highest BCUT2D eigenvalue weighted by Crippen LogP contribution is 2.47. The minimum Gasteiger partial charge on any atom is -0.466 e. The molecule has 1 amide bonds. The maximum absolute atomic E-state index is 12.6. The predicted molar refractivity (Wildman–Crippen MR) is 107 cm³/mol. The number of rotatable bonds is 3. The Hall–Kier alpha value is -2.54. The maximum Gasteiger partial charge on any atom is 0.338 e. The Balaban J connectivity index is 2.18. The van der Waals surface area contributed by atoms with E-state index in [2.05, 4.69) is 4.99 Å². The highest BCUT2D eigenvalue weighted by molar-refractivity contribution is 8.18. The van der Waals surface area contributed by atoms with Crippen molar-refractivity contribution >= 4 is 28.8 Å². The number of amides is 1. The van der Waals surface area contributed by atoms with E-state index >= 15 is 0 Å². The molecule has 0 aromatic heterocycles. The lowest BCUT2D eigenvalue weighted by Gasteiger charge is -2.35. The van der Waals surface area contributed by atoms with E-state index in [-0.39, 0.29) is 11.9 Å². The van der Waals surface area contributed by atoms with Crippen LogP contribution < -0.4 is 0 Å². The van der Waals surface area contributed by atoms with Crippen LogP contribution in [0.5, 0.6) is 0 Å². The van der Waals surface area contributed by atoms with E-state index in [4.69, 9.17) is 4.74 Å². The van der Waals surface area contributed by atoms with Gasteiger partial charge in [0.25, 0.3) is 5.91 Å². The summed E-state index contributed by atoms with van der Waals surface area (Å²) in [5, 5.41) is 0.702. The number of fused-ring (bicyclic) bond motifs is 1. The zero-order valence-corrected chi connectivity index (χ0v) is 17.2. The summed E-state index contributed by atoms with van der Waals surface area (Å²) < 4.78 is 5.04. The minimum absolute atomic E-state index is 0.0745. The van der Waals surface area contributed by atoms with Crippen LogP contribution >= 0.6 is 11.8 Å². The smallest absolute Gasteiger partial charge is 0.338 e. The second-order valence-corrected chi connectivity index (χ2v) is 7.76. The van der Waals surface area contributed by atoms with E-state index in [0.717, 1.165) is 16.8 Å². The lowest BCUT2D eigenvalue weighted by Crippen LogP contribution is -2.36. The number of methoxy groups -OCH3 is 1. The Kier molecular flexibility index (Phi) is 5.15. The number of carbonyl (C=O) groups is 2. The topological polar surface area (TPSA) is 62.2 Å². The monoisotopic (exact) mass is 385 g/mol. The van der Waals surface area contributed by atoms with Crippen LogP contribution in [0.1, 0.15) is 31.0 Å². The Bertz CT molecular complexity index is 898. The summed E-state index contributed by atoms with van der Waals surface area (Å²) in [6, 6.07) is 7.65. The van der Waals surface area contributed by atoms with Crippen LogP contribution in [0.2, 0.25) is 0 Å². The van der Waals surface area contributed by atoms with E-state index < -0.39 is 5.97 Å². The molecule has 0 aliphatic carbocycles. The Morgan fingerprint density at radius 2 is 1.78 bits per heavy atom. The van der Waals surface area contributed by atoms with Gasteiger partial charge in [0.2, 0.25) is 0 Å². The molecule has 0 spiro atoms. The normalized spacial score (nSPS) is 19.1. The number of esters is 1. The molecule has 27 heavy (non-hydrogen) atoms. The van der Waals surface area contributed by atoms with Gasteiger partial charge in [-0.1, -0.05) is 29.8 Å². The van der Waals surface area contributed by atoms with Crippen molar-refractivity contribution in [2.75, 3.05) is 21.2 Å². The minimum atomic E-state index is -0.411. The largest absolute Gasteiger partial charge is 0.466 e. The summed E-state index contributed by atoms with van der Waals surface area (Å²) in [5.74, 6) is -0.486. The molecule has 6 nitrogen and oxygen atoms in total. The quantitative estimate of drug-likeness (QED) is 0.748. The molecule has 7 heteroatoms. The second-order valence-electron chi connectivity index (χ2n) is 6.78. The molecule has 1 atom stereocenters. The summed E-state index contributed by atoms with van der Waals surface area (Å²) in [5.41, 5.74) is 3.97. The number of hydrogen-bond donors (Lipinski definition) is 0. The van der Waals surface area contributed by atoms with E-state index in [1.165, 1.54) is 18.9 Å². The summed E-state index contributed by atoms with van der Waals surface area (Å²) in [6.45, 7) is 5.72. The van der Waals surface area contributed by atoms with Gasteiger partial charge in [-0.3, -0.25) is 4.79 Å². The number of aryl methyl sites for hydroxylation is 1. The summed E-state index contributed by atoms with van der Waals surface area (Å²) >= 11 is 1.34. The third-order valence-corrected chi connectivity index (χ3v) is 5.82. The third-order valence-electron chi connectivity index (χ3n) is 4.67. The fourth-order valence-corrected chi connectivity index (χ4v) is 4.44. The zero-order valence-electron chi connectivity index (χ0n) is 16.4. The van der Waals surface area contributed by atoms with Gasteiger partial charge in [-0.15, -0.1) is 0 Å². The molecule has 0 saturated heterocycles. The van der Waals surface area contributed by atoms with Gasteiger partial charge in [0.1, 0.15) is 0 Å². The molecular formula is C20H23N3O3S. The molecule has 1 aromatic carbocycles. The molecule has 0 N–H and O–H groups in total. The van der Waals surface area contributed by atoms with Crippen molar-refractivity contribution in [3.8, 4) is 0 Å². The first-order valence-corrected chi connectivity index (χ1v) is 9.41. The molecule has 0 bridgehead atoms. The fraction of sp³-hybridized carbons (Fsp3) is 0.350. The molecule has 142 valence electrons. The number of ether oxygens (including phenoxy) is 1. The van der Waals surface area contributed by atoms with Gasteiger partial charge in [-0.2, -0.15) is 0 Å². The average Bonchev–Trinajstić information content (AvgIpc) is 2.96. The van der Waals surface area contributed by atoms with Crippen molar-refractivity contribution in [2.24, 2.45) is 4.99 Å². The molecule has 2 heterocycles. The lowest BCUT2D eigenvalue weighted by molar-refractivity contribution is -0.136. The average molecular weight is 385 g/mol. The number of likely N-dealkylation sites (N-methyl/N-ethyl adjacent to an activating group) is 1. The van der Waals surface area contributed by atoms with Gasteiger partial charge in [-0.25, -0.2) is 9.79 Å². The van der Waals surface area contributed by atoms with Gasteiger partial charge >= 0.3 is 5.97 Å². The van der Waals surface area contributed by atoms with Crippen molar-refractivity contribution in [1.82, 2.24) is 9.80 Å². The van der Waals surface area contributed by atoms with Crippen molar-refractivity contribution in [3.05, 3.63) is 57.3 Å². The predicted octanol–water partition coefficient (Wildman–Crippen LogP) is 3.22. The molecule has 0 fully saturated rings. The molecule has 2 aliphatic heterocycles. The van der Waals surface area contributed by atoms with Crippen LogP contribution in [0.3, 0.4) is 0 Å². The van der Waals surface area contributed by atoms with Crippen molar-refractivity contribution in [2.45, 2.75) is 26.8 Å². The SMILES string of the molecule is COC(=O)C1=C(C)N=C2SC(C(=O)N(C)C)=C(C)N2[C@@H]1c1ccc(C)cc1. The van der Waals surface area contributed by atoms with Gasteiger partial charge < -0.3 is 14.5 Å². The molecule has 3 rings (SSSR count). The fourth-order valence-electron chi connectivity index (χ4n) is 3.21. The number of hydrogen-bond acceptors (Lipinski definition) is 6. The van der Waals surface area contributed by atoms with Gasteiger partial charge in [0, 0.05) is 19.8 Å². The Labute approximate surface area is 163 Å². The van der Waals surface area contributed by atoms with Crippen LogP contribution in [0, 0.1) is 6.92 Å². The number of thioether (sulfide) groups is 1.